The molecule has 1 unspecified atom stereocenters. The molecule has 1 aliphatic carbocycles. The zero-order valence-corrected chi connectivity index (χ0v) is 13.3. The van der Waals surface area contributed by atoms with E-state index < -0.39 is 0 Å². The lowest BCUT2D eigenvalue weighted by Gasteiger charge is -2.27. The summed E-state index contributed by atoms with van der Waals surface area (Å²) in [5.74, 6) is 0.837. The van der Waals surface area contributed by atoms with Crippen molar-refractivity contribution in [3.05, 3.63) is 29.8 Å². The molecule has 0 spiro atoms. The molecule has 3 N–H and O–H groups in total. The van der Waals surface area contributed by atoms with Gasteiger partial charge < -0.3 is 20.5 Å². The zero-order valence-electron chi connectivity index (χ0n) is 13.3. The molecule has 0 aliphatic heterocycles. The SMILES string of the molecule is CCOc1ccc(C(C)NC(=O)NC2CCC(O)CC2)cc1. The third-order valence-electron chi connectivity index (χ3n) is 4.07. The fraction of sp³-hybridized carbons (Fsp3) is 0.588. The Balaban J connectivity index is 1.80. The fourth-order valence-electron chi connectivity index (χ4n) is 2.75. The Morgan fingerprint density at radius 2 is 1.91 bits per heavy atom. The Hall–Kier alpha value is -1.75. The number of urea groups is 1. The van der Waals surface area contributed by atoms with E-state index >= 15 is 0 Å². The molecule has 5 heteroatoms. The minimum atomic E-state index is -0.205. The maximum absolute atomic E-state index is 12.0. The van der Waals surface area contributed by atoms with Crippen LogP contribution < -0.4 is 15.4 Å². The molecule has 2 rings (SSSR count). The number of hydrogen-bond donors (Lipinski definition) is 3. The molecule has 122 valence electrons. The topological polar surface area (TPSA) is 70.6 Å². The average molecular weight is 306 g/mol. The number of carbonyl (C=O) groups excluding carboxylic acids is 1. The molecule has 0 bridgehead atoms. The van der Waals surface area contributed by atoms with Crippen molar-refractivity contribution in [3.8, 4) is 5.75 Å². The van der Waals surface area contributed by atoms with Gasteiger partial charge in [0.25, 0.3) is 0 Å². The van der Waals surface area contributed by atoms with Gasteiger partial charge in [-0.1, -0.05) is 12.1 Å². The normalized spacial score (nSPS) is 22.7. The minimum Gasteiger partial charge on any atom is -0.494 e. The van der Waals surface area contributed by atoms with E-state index in [0.29, 0.717) is 6.61 Å². The Bertz CT molecular complexity index is 467. The van der Waals surface area contributed by atoms with Crippen molar-refractivity contribution in [2.75, 3.05) is 6.61 Å². The summed E-state index contributed by atoms with van der Waals surface area (Å²) in [4.78, 5) is 12.0. The highest BCUT2D eigenvalue weighted by molar-refractivity contribution is 5.74. The average Bonchev–Trinajstić information content (AvgIpc) is 2.50. The first-order valence-corrected chi connectivity index (χ1v) is 8.06. The second-order valence-corrected chi connectivity index (χ2v) is 5.85. The molecule has 1 fully saturated rings. The van der Waals surface area contributed by atoms with Crippen LogP contribution in [0.4, 0.5) is 4.79 Å². The number of benzene rings is 1. The minimum absolute atomic E-state index is 0.0649. The molecule has 1 aliphatic rings. The lowest BCUT2D eigenvalue weighted by atomic mass is 9.93. The first-order chi connectivity index (χ1) is 10.6. The van der Waals surface area contributed by atoms with Crippen LogP contribution in [0.2, 0.25) is 0 Å². The van der Waals surface area contributed by atoms with Crippen LogP contribution in [0.5, 0.6) is 5.75 Å². The first-order valence-electron chi connectivity index (χ1n) is 8.06. The number of carbonyl (C=O) groups is 1. The van der Waals surface area contributed by atoms with Gasteiger partial charge in [-0.05, 0) is 57.2 Å². The van der Waals surface area contributed by atoms with Crippen LogP contribution in [0.15, 0.2) is 24.3 Å². The summed E-state index contributed by atoms with van der Waals surface area (Å²) in [7, 11) is 0. The van der Waals surface area contributed by atoms with Gasteiger partial charge in [0.05, 0.1) is 18.8 Å². The van der Waals surface area contributed by atoms with Gasteiger partial charge in [0.15, 0.2) is 0 Å². The van der Waals surface area contributed by atoms with Crippen LogP contribution >= 0.6 is 0 Å². The quantitative estimate of drug-likeness (QED) is 0.783. The molecule has 2 amide bonds. The van der Waals surface area contributed by atoms with Gasteiger partial charge >= 0.3 is 6.03 Å². The second-order valence-electron chi connectivity index (χ2n) is 5.85. The molecule has 0 saturated heterocycles. The highest BCUT2D eigenvalue weighted by Crippen LogP contribution is 2.19. The lowest BCUT2D eigenvalue weighted by molar-refractivity contribution is 0.117. The molecular weight excluding hydrogens is 280 g/mol. The Morgan fingerprint density at radius 1 is 1.27 bits per heavy atom. The van der Waals surface area contributed by atoms with Crippen LogP contribution in [0.1, 0.15) is 51.1 Å². The standard InChI is InChI=1S/C17H26N2O3/c1-3-22-16-10-4-13(5-11-16)12(2)18-17(21)19-14-6-8-15(20)9-7-14/h4-5,10-12,14-15,20H,3,6-9H2,1-2H3,(H2,18,19,21). The maximum Gasteiger partial charge on any atom is 0.315 e. The van der Waals surface area contributed by atoms with E-state index in [0.717, 1.165) is 37.0 Å². The van der Waals surface area contributed by atoms with E-state index in [1.165, 1.54) is 0 Å². The Morgan fingerprint density at radius 3 is 2.50 bits per heavy atom. The van der Waals surface area contributed by atoms with E-state index in [2.05, 4.69) is 10.6 Å². The molecule has 0 heterocycles. The number of ether oxygens (including phenoxy) is 1. The molecular formula is C17H26N2O3. The summed E-state index contributed by atoms with van der Waals surface area (Å²) in [6.07, 6.45) is 3.00. The van der Waals surface area contributed by atoms with Crippen molar-refractivity contribution in [2.24, 2.45) is 0 Å². The number of aliphatic hydroxyl groups excluding tert-OH is 1. The number of amides is 2. The molecule has 0 aromatic heterocycles. The summed E-state index contributed by atoms with van der Waals surface area (Å²) in [6, 6.07) is 7.71. The van der Waals surface area contributed by atoms with Gasteiger partial charge in [-0.3, -0.25) is 0 Å². The van der Waals surface area contributed by atoms with Gasteiger partial charge in [-0.25, -0.2) is 4.79 Å². The van der Waals surface area contributed by atoms with Crippen molar-refractivity contribution < 1.29 is 14.6 Å². The molecule has 1 aromatic carbocycles. The zero-order chi connectivity index (χ0) is 15.9. The predicted octanol–water partition coefficient (Wildman–Crippen LogP) is 2.75. The summed E-state index contributed by atoms with van der Waals surface area (Å²) in [6.45, 7) is 4.55. The van der Waals surface area contributed by atoms with E-state index in [1.807, 2.05) is 38.1 Å². The Labute approximate surface area is 132 Å². The fourth-order valence-corrected chi connectivity index (χ4v) is 2.75. The number of hydrogen-bond acceptors (Lipinski definition) is 3. The van der Waals surface area contributed by atoms with Crippen LogP contribution in [0.25, 0.3) is 0 Å². The molecule has 1 aromatic rings. The van der Waals surface area contributed by atoms with E-state index in [1.54, 1.807) is 0 Å². The van der Waals surface area contributed by atoms with Crippen molar-refractivity contribution >= 4 is 6.03 Å². The predicted molar refractivity (Wildman–Crippen MR) is 86.0 cm³/mol. The molecule has 0 radical (unpaired) electrons. The van der Waals surface area contributed by atoms with Crippen LogP contribution in [0.3, 0.4) is 0 Å². The molecule has 22 heavy (non-hydrogen) atoms. The van der Waals surface area contributed by atoms with Gasteiger partial charge in [0, 0.05) is 6.04 Å². The van der Waals surface area contributed by atoms with Gasteiger partial charge in [0.1, 0.15) is 5.75 Å². The smallest absolute Gasteiger partial charge is 0.315 e. The third-order valence-corrected chi connectivity index (χ3v) is 4.07. The van der Waals surface area contributed by atoms with Crippen LogP contribution in [-0.2, 0) is 0 Å². The summed E-state index contributed by atoms with van der Waals surface area (Å²) < 4.78 is 5.41. The van der Waals surface area contributed by atoms with Gasteiger partial charge in [-0.15, -0.1) is 0 Å². The van der Waals surface area contributed by atoms with Crippen LogP contribution in [0, 0.1) is 0 Å². The maximum atomic E-state index is 12.0. The number of rotatable bonds is 5. The third kappa shape index (κ3) is 4.91. The summed E-state index contributed by atoms with van der Waals surface area (Å²) in [5, 5.41) is 15.4. The molecule has 1 atom stereocenters. The monoisotopic (exact) mass is 306 g/mol. The molecule has 5 nitrogen and oxygen atoms in total. The largest absolute Gasteiger partial charge is 0.494 e. The number of aliphatic hydroxyl groups is 1. The first kappa shape index (κ1) is 16.6. The van der Waals surface area contributed by atoms with E-state index in [9.17, 15) is 9.90 Å². The Kier molecular flexibility index (Phi) is 6.07. The highest BCUT2D eigenvalue weighted by Gasteiger charge is 2.21. The van der Waals surface area contributed by atoms with E-state index in [4.69, 9.17) is 4.74 Å². The molecule has 1 saturated carbocycles. The summed E-state index contributed by atoms with van der Waals surface area (Å²) >= 11 is 0. The van der Waals surface area contributed by atoms with Gasteiger partial charge in [0.2, 0.25) is 0 Å². The highest BCUT2D eigenvalue weighted by atomic mass is 16.5. The van der Waals surface area contributed by atoms with Crippen LogP contribution in [-0.4, -0.2) is 29.9 Å². The number of nitrogens with one attached hydrogen (secondary N) is 2. The van der Waals surface area contributed by atoms with Gasteiger partial charge in [-0.2, -0.15) is 0 Å². The van der Waals surface area contributed by atoms with Crippen molar-refractivity contribution in [1.82, 2.24) is 10.6 Å². The van der Waals surface area contributed by atoms with Crippen molar-refractivity contribution in [3.63, 3.8) is 0 Å². The summed E-state index contributed by atoms with van der Waals surface area (Å²) in [5.41, 5.74) is 1.04. The lowest BCUT2D eigenvalue weighted by Crippen LogP contribution is -2.44. The second kappa shape index (κ2) is 8.03. The van der Waals surface area contributed by atoms with E-state index in [-0.39, 0.29) is 24.2 Å². The van der Waals surface area contributed by atoms with Crippen molar-refractivity contribution in [2.45, 2.75) is 57.7 Å². The van der Waals surface area contributed by atoms with Crippen molar-refractivity contribution in [1.29, 1.82) is 0 Å².